The largest absolute Gasteiger partial charge is 0.493 e. The lowest BCUT2D eigenvalue weighted by molar-refractivity contribution is -0.150. The van der Waals surface area contributed by atoms with Gasteiger partial charge in [-0.15, -0.1) is 0 Å². The summed E-state index contributed by atoms with van der Waals surface area (Å²) in [6.45, 7) is 1.78. The maximum absolute atomic E-state index is 11.8. The fourth-order valence-electron chi connectivity index (χ4n) is 2.40. The van der Waals surface area contributed by atoms with Gasteiger partial charge < -0.3 is 24.3 Å². The Morgan fingerprint density at radius 2 is 1.64 bits per heavy atom. The first-order valence-corrected chi connectivity index (χ1v) is 8.84. The zero-order valence-electron chi connectivity index (χ0n) is 16.3. The molecule has 0 radical (unpaired) electrons. The van der Waals surface area contributed by atoms with Crippen molar-refractivity contribution in [2.24, 2.45) is 0 Å². The van der Waals surface area contributed by atoms with Crippen molar-refractivity contribution in [3.05, 3.63) is 53.6 Å². The highest BCUT2D eigenvalue weighted by Crippen LogP contribution is 2.27. The number of benzene rings is 2. The Morgan fingerprint density at radius 3 is 2.32 bits per heavy atom. The molecule has 150 valence electrons. The summed E-state index contributed by atoms with van der Waals surface area (Å²) in [6.07, 6.45) is 0.608. The molecule has 7 nitrogen and oxygen atoms in total. The van der Waals surface area contributed by atoms with E-state index in [0.717, 1.165) is 11.1 Å². The molecular weight excluding hydrogens is 362 g/mol. The van der Waals surface area contributed by atoms with Crippen LogP contribution in [0.2, 0.25) is 0 Å². The molecule has 0 atom stereocenters. The van der Waals surface area contributed by atoms with E-state index in [9.17, 15) is 9.59 Å². The number of methoxy groups -OCH3 is 2. The summed E-state index contributed by atoms with van der Waals surface area (Å²) >= 11 is 0. The van der Waals surface area contributed by atoms with Gasteiger partial charge in [-0.2, -0.15) is 0 Å². The van der Waals surface area contributed by atoms with Crippen LogP contribution >= 0.6 is 0 Å². The predicted molar refractivity (Wildman–Crippen MR) is 104 cm³/mol. The van der Waals surface area contributed by atoms with Gasteiger partial charge >= 0.3 is 5.97 Å². The number of amides is 1. The van der Waals surface area contributed by atoms with Crippen LogP contribution < -0.4 is 19.5 Å². The standard InChI is InChI=1S/C21H25NO6/c1-15-4-7-17(8-5-15)27-14-21(24)28-13-20(23)22-11-10-16-6-9-18(25-2)19(12-16)26-3/h4-9,12H,10-11,13-14H2,1-3H3,(H,22,23). The molecular formula is C21H25NO6. The Labute approximate surface area is 164 Å². The SMILES string of the molecule is COc1ccc(CCNC(=O)COC(=O)COc2ccc(C)cc2)cc1OC. The lowest BCUT2D eigenvalue weighted by Gasteiger charge is -2.10. The Kier molecular flexibility index (Phi) is 8.14. The van der Waals surface area contributed by atoms with Crippen LogP contribution in [0.25, 0.3) is 0 Å². The van der Waals surface area contributed by atoms with Crippen LogP contribution in [0.1, 0.15) is 11.1 Å². The number of carbonyl (C=O) groups is 2. The number of ether oxygens (including phenoxy) is 4. The topological polar surface area (TPSA) is 83.1 Å². The smallest absolute Gasteiger partial charge is 0.344 e. The zero-order valence-corrected chi connectivity index (χ0v) is 16.3. The molecule has 0 aliphatic heterocycles. The summed E-state index contributed by atoms with van der Waals surface area (Å²) in [7, 11) is 3.14. The van der Waals surface area contributed by atoms with Crippen molar-refractivity contribution in [3.8, 4) is 17.2 Å². The van der Waals surface area contributed by atoms with Crippen LogP contribution in [-0.2, 0) is 20.7 Å². The Balaban J connectivity index is 1.65. The molecule has 0 aromatic heterocycles. The molecule has 1 amide bonds. The van der Waals surface area contributed by atoms with Gasteiger partial charge in [-0.1, -0.05) is 23.8 Å². The van der Waals surface area contributed by atoms with Crippen molar-refractivity contribution in [1.82, 2.24) is 5.32 Å². The summed E-state index contributed by atoms with van der Waals surface area (Å²) < 4.78 is 20.6. The molecule has 0 fully saturated rings. The molecule has 2 rings (SSSR count). The van der Waals surface area contributed by atoms with Gasteiger partial charge in [0.25, 0.3) is 5.91 Å². The third kappa shape index (κ3) is 6.83. The lowest BCUT2D eigenvalue weighted by atomic mass is 10.1. The first-order chi connectivity index (χ1) is 13.5. The van der Waals surface area contributed by atoms with Crippen LogP contribution in [0, 0.1) is 6.92 Å². The molecule has 0 saturated heterocycles. The van der Waals surface area contributed by atoms with E-state index >= 15 is 0 Å². The maximum atomic E-state index is 11.8. The normalized spacial score (nSPS) is 10.1. The Hall–Kier alpha value is -3.22. The zero-order chi connectivity index (χ0) is 20.4. The first-order valence-electron chi connectivity index (χ1n) is 8.84. The number of hydrogen-bond donors (Lipinski definition) is 1. The van der Waals surface area contributed by atoms with E-state index < -0.39 is 5.97 Å². The van der Waals surface area contributed by atoms with Crippen molar-refractivity contribution in [1.29, 1.82) is 0 Å². The van der Waals surface area contributed by atoms with Gasteiger partial charge in [-0.25, -0.2) is 4.79 Å². The summed E-state index contributed by atoms with van der Waals surface area (Å²) in [5, 5.41) is 2.70. The number of hydrogen-bond acceptors (Lipinski definition) is 6. The van der Waals surface area contributed by atoms with E-state index in [0.29, 0.717) is 30.2 Å². The van der Waals surface area contributed by atoms with E-state index in [1.54, 1.807) is 26.4 Å². The summed E-state index contributed by atoms with van der Waals surface area (Å²) in [5.41, 5.74) is 2.08. The molecule has 0 aliphatic rings. The van der Waals surface area contributed by atoms with Crippen molar-refractivity contribution >= 4 is 11.9 Å². The van der Waals surface area contributed by atoms with E-state index in [2.05, 4.69) is 5.32 Å². The minimum Gasteiger partial charge on any atom is -0.493 e. The second-order valence-electron chi connectivity index (χ2n) is 6.05. The molecule has 0 saturated carbocycles. The summed E-state index contributed by atoms with van der Waals surface area (Å²) in [6, 6.07) is 12.9. The predicted octanol–water partition coefficient (Wildman–Crippen LogP) is 2.29. The van der Waals surface area contributed by atoms with Gasteiger partial charge in [0.05, 0.1) is 14.2 Å². The number of nitrogens with one attached hydrogen (secondary N) is 1. The number of esters is 1. The molecule has 0 heterocycles. The Morgan fingerprint density at radius 1 is 0.929 bits per heavy atom. The van der Waals surface area contributed by atoms with E-state index in [1.807, 2.05) is 37.3 Å². The van der Waals surface area contributed by atoms with Crippen LogP contribution in [0.15, 0.2) is 42.5 Å². The monoisotopic (exact) mass is 387 g/mol. The third-order valence-electron chi connectivity index (χ3n) is 3.93. The molecule has 0 bridgehead atoms. The van der Waals surface area contributed by atoms with Gasteiger partial charge in [0.2, 0.25) is 0 Å². The summed E-state index contributed by atoms with van der Waals surface area (Å²) in [4.78, 5) is 23.5. The highest BCUT2D eigenvalue weighted by atomic mass is 16.6. The fraction of sp³-hybridized carbons (Fsp3) is 0.333. The van der Waals surface area contributed by atoms with E-state index in [4.69, 9.17) is 18.9 Å². The van der Waals surface area contributed by atoms with Gasteiger partial charge in [0.15, 0.2) is 24.7 Å². The first kappa shape index (κ1) is 21.1. The quantitative estimate of drug-likeness (QED) is 0.630. The minimum absolute atomic E-state index is 0.248. The van der Waals surface area contributed by atoms with Gasteiger partial charge in [-0.05, 0) is 43.2 Å². The molecule has 0 spiro atoms. The van der Waals surface area contributed by atoms with E-state index in [-0.39, 0.29) is 19.1 Å². The highest BCUT2D eigenvalue weighted by Gasteiger charge is 2.09. The fourth-order valence-corrected chi connectivity index (χ4v) is 2.40. The molecule has 0 unspecified atom stereocenters. The molecule has 28 heavy (non-hydrogen) atoms. The van der Waals surface area contributed by atoms with E-state index in [1.165, 1.54) is 0 Å². The number of rotatable bonds is 10. The van der Waals surface area contributed by atoms with Crippen molar-refractivity contribution in [2.75, 3.05) is 34.0 Å². The third-order valence-corrected chi connectivity index (χ3v) is 3.93. The number of carbonyl (C=O) groups excluding carboxylic acids is 2. The molecule has 2 aromatic carbocycles. The second-order valence-corrected chi connectivity index (χ2v) is 6.05. The highest BCUT2D eigenvalue weighted by molar-refractivity contribution is 5.80. The van der Waals surface area contributed by atoms with Crippen LogP contribution in [0.5, 0.6) is 17.2 Å². The average Bonchev–Trinajstić information content (AvgIpc) is 2.71. The summed E-state index contributed by atoms with van der Waals surface area (Å²) in [5.74, 6) is 0.880. The van der Waals surface area contributed by atoms with Gasteiger partial charge in [0, 0.05) is 6.54 Å². The second kappa shape index (κ2) is 10.8. The lowest BCUT2D eigenvalue weighted by Crippen LogP contribution is -2.31. The van der Waals surface area contributed by atoms with Crippen molar-refractivity contribution in [3.63, 3.8) is 0 Å². The molecule has 7 heteroatoms. The maximum Gasteiger partial charge on any atom is 0.344 e. The Bertz CT molecular complexity index is 788. The molecule has 0 aliphatic carbocycles. The molecule has 2 aromatic rings. The molecule has 1 N–H and O–H groups in total. The average molecular weight is 387 g/mol. The van der Waals surface area contributed by atoms with Crippen LogP contribution in [0.3, 0.4) is 0 Å². The van der Waals surface area contributed by atoms with Crippen LogP contribution in [0.4, 0.5) is 0 Å². The van der Waals surface area contributed by atoms with Crippen molar-refractivity contribution in [2.45, 2.75) is 13.3 Å². The van der Waals surface area contributed by atoms with Gasteiger partial charge in [-0.3, -0.25) is 4.79 Å². The van der Waals surface area contributed by atoms with Gasteiger partial charge in [0.1, 0.15) is 5.75 Å². The van der Waals surface area contributed by atoms with Crippen LogP contribution in [-0.4, -0.2) is 45.9 Å². The number of aryl methyl sites for hydroxylation is 1. The van der Waals surface area contributed by atoms with Crippen molar-refractivity contribution < 1.29 is 28.5 Å². The minimum atomic E-state index is -0.601.